The van der Waals surface area contributed by atoms with Gasteiger partial charge in [0.15, 0.2) is 0 Å². The summed E-state index contributed by atoms with van der Waals surface area (Å²) in [6.45, 7) is 2.62. The third-order valence-corrected chi connectivity index (χ3v) is 6.92. The Hall–Kier alpha value is -0.490. The first-order valence-corrected chi connectivity index (χ1v) is 11.8. The molecule has 1 aliphatic rings. The van der Waals surface area contributed by atoms with Crippen molar-refractivity contribution >= 4 is 97.4 Å². The van der Waals surface area contributed by atoms with E-state index in [0.717, 1.165) is 30.2 Å². The number of benzene rings is 2. The van der Waals surface area contributed by atoms with Gasteiger partial charge in [0.2, 0.25) is 0 Å². The van der Waals surface area contributed by atoms with E-state index in [2.05, 4.69) is 45.2 Å². The van der Waals surface area contributed by atoms with Crippen LogP contribution in [0, 0.1) is 7.14 Å². The number of hydrogen-bond acceptors (Lipinski definition) is 4. The van der Waals surface area contributed by atoms with Gasteiger partial charge in [-0.2, -0.15) is 0 Å². The topological polar surface area (TPSA) is 46.6 Å². The van der Waals surface area contributed by atoms with Crippen LogP contribution in [0.25, 0.3) is 6.08 Å². The number of thioether (sulfide) groups is 1. The molecule has 3 rings (SSSR count). The Morgan fingerprint density at radius 3 is 2.43 bits per heavy atom. The van der Waals surface area contributed by atoms with Gasteiger partial charge < -0.3 is 4.74 Å². The van der Waals surface area contributed by atoms with Crippen LogP contribution in [0.2, 0.25) is 10.0 Å². The van der Waals surface area contributed by atoms with Crippen molar-refractivity contribution in [3.63, 3.8) is 0 Å². The molecule has 146 valence electrons. The second-order valence-electron chi connectivity index (χ2n) is 5.75. The Bertz CT molecular complexity index is 974. The Balaban J connectivity index is 1.85. The van der Waals surface area contributed by atoms with E-state index in [1.54, 1.807) is 24.3 Å². The Kier molecular flexibility index (Phi) is 7.57. The van der Waals surface area contributed by atoms with Gasteiger partial charge in [0.25, 0.3) is 11.1 Å². The number of carbonyl (C=O) groups excluding carboxylic acids is 2. The highest BCUT2D eigenvalue weighted by Gasteiger charge is 2.35. The lowest BCUT2D eigenvalue weighted by Crippen LogP contribution is -2.27. The van der Waals surface area contributed by atoms with Crippen molar-refractivity contribution < 1.29 is 14.3 Å². The third kappa shape index (κ3) is 4.97. The van der Waals surface area contributed by atoms with E-state index in [1.165, 1.54) is 4.90 Å². The zero-order valence-corrected chi connectivity index (χ0v) is 21.1. The van der Waals surface area contributed by atoms with Crippen LogP contribution in [0.3, 0.4) is 0 Å². The van der Waals surface area contributed by atoms with Gasteiger partial charge in [-0.3, -0.25) is 14.5 Å². The molecule has 0 N–H and O–H groups in total. The Labute approximate surface area is 204 Å². The number of nitrogens with zero attached hydrogens (tertiary/aromatic N) is 1. The van der Waals surface area contributed by atoms with E-state index in [1.807, 2.05) is 19.1 Å². The molecule has 0 aliphatic carbocycles. The summed E-state index contributed by atoms with van der Waals surface area (Å²) in [6, 6.07) is 8.85. The fourth-order valence-corrected chi connectivity index (χ4v) is 5.99. The standard InChI is InChI=1S/C19H13Cl2I2NO3S/c1-2-27-17-14(22)5-10(6-15(17)23)7-16-18(25)24(19(26)28-16)9-11-3-4-12(20)8-13(11)21/h3-8H,2,9H2,1H3/b16-7-. The van der Waals surface area contributed by atoms with Crippen molar-refractivity contribution in [2.75, 3.05) is 6.61 Å². The molecule has 0 saturated carbocycles. The smallest absolute Gasteiger partial charge is 0.293 e. The number of hydrogen-bond donors (Lipinski definition) is 0. The predicted molar refractivity (Wildman–Crippen MR) is 131 cm³/mol. The van der Waals surface area contributed by atoms with Crippen LogP contribution < -0.4 is 4.74 Å². The lowest BCUT2D eigenvalue weighted by Gasteiger charge is -2.13. The maximum Gasteiger partial charge on any atom is 0.293 e. The Morgan fingerprint density at radius 1 is 1.14 bits per heavy atom. The highest BCUT2D eigenvalue weighted by atomic mass is 127. The summed E-state index contributed by atoms with van der Waals surface area (Å²) in [4.78, 5) is 26.7. The van der Waals surface area contributed by atoms with Crippen molar-refractivity contribution in [3.05, 3.63) is 63.5 Å². The quantitative estimate of drug-likeness (QED) is 0.261. The van der Waals surface area contributed by atoms with Crippen LogP contribution in [0.5, 0.6) is 5.75 Å². The molecule has 0 radical (unpaired) electrons. The van der Waals surface area contributed by atoms with Gasteiger partial charge in [0.05, 0.1) is 25.2 Å². The minimum absolute atomic E-state index is 0.107. The van der Waals surface area contributed by atoms with Gasteiger partial charge in [0, 0.05) is 10.0 Å². The molecule has 2 aromatic carbocycles. The summed E-state index contributed by atoms with van der Waals surface area (Å²) in [5.41, 5.74) is 1.51. The zero-order valence-electron chi connectivity index (χ0n) is 14.5. The molecule has 2 aromatic rings. The van der Waals surface area contributed by atoms with Crippen LogP contribution >= 0.6 is 80.1 Å². The molecule has 0 aromatic heterocycles. The van der Waals surface area contributed by atoms with E-state index in [0.29, 0.717) is 27.1 Å². The largest absolute Gasteiger partial charge is 0.492 e. The summed E-state index contributed by atoms with van der Waals surface area (Å²) in [5.74, 6) is 0.492. The van der Waals surface area contributed by atoms with Crippen molar-refractivity contribution in [2.24, 2.45) is 0 Å². The maximum absolute atomic E-state index is 12.8. The highest BCUT2D eigenvalue weighted by molar-refractivity contribution is 14.1. The maximum atomic E-state index is 12.8. The molecule has 0 unspecified atom stereocenters. The Morgan fingerprint density at radius 2 is 1.82 bits per heavy atom. The van der Waals surface area contributed by atoms with Gasteiger partial charge in [0.1, 0.15) is 5.75 Å². The van der Waals surface area contributed by atoms with Crippen LogP contribution in [0.1, 0.15) is 18.1 Å². The van der Waals surface area contributed by atoms with E-state index >= 15 is 0 Å². The molecular weight excluding hydrogens is 647 g/mol. The molecule has 9 heteroatoms. The number of amides is 2. The van der Waals surface area contributed by atoms with Crippen molar-refractivity contribution in [3.8, 4) is 5.75 Å². The summed E-state index contributed by atoms with van der Waals surface area (Å²) >= 11 is 17.4. The normalized spacial score (nSPS) is 15.6. The average molecular weight is 660 g/mol. The molecule has 1 aliphatic heterocycles. The number of ether oxygens (including phenoxy) is 1. The number of halogens is 4. The van der Waals surface area contributed by atoms with E-state index in [9.17, 15) is 9.59 Å². The molecular formula is C19H13Cl2I2NO3S. The monoisotopic (exact) mass is 659 g/mol. The molecule has 0 bridgehead atoms. The van der Waals surface area contributed by atoms with Crippen LogP contribution in [-0.2, 0) is 11.3 Å². The molecule has 0 atom stereocenters. The summed E-state index contributed by atoms with van der Waals surface area (Å²) in [5, 5.41) is 0.603. The fourth-order valence-electron chi connectivity index (χ4n) is 2.55. The molecule has 0 spiro atoms. The fraction of sp³-hybridized carbons (Fsp3) is 0.158. The van der Waals surface area contributed by atoms with E-state index in [-0.39, 0.29) is 17.7 Å². The van der Waals surface area contributed by atoms with Crippen LogP contribution in [-0.4, -0.2) is 22.7 Å². The van der Waals surface area contributed by atoms with Gasteiger partial charge in [-0.1, -0.05) is 29.3 Å². The van der Waals surface area contributed by atoms with Crippen molar-refractivity contribution in [1.82, 2.24) is 4.90 Å². The van der Waals surface area contributed by atoms with E-state index in [4.69, 9.17) is 27.9 Å². The van der Waals surface area contributed by atoms with Gasteiger partial charge >= 0.3 is 0 Å². The third-order valence-electron chi connectivity index (χ3n) is 3.82. The molecule has 2 amide bonds. The van der Waals surface area contributed by atoms with E-state index < -0.39 is 0 Å². The molecule has 1 fully saturated rings. The van der Waals surface area contributed by atoms with Crippen molar-refractivity contribution in [1.29, 1.82) is 0 Å². The SMILES string of the molecule is CCOc1c(I)cc(/C=C2\SC(=O)N(Cc3ccc(Cl)cc3Cl)C2=O)cc1I. The molecule has 4 nitrogen and oxygen atoms in total. The highest BCUT2D eigenvalue weighted by Crippen LogP contribution is 2.36. The van der Waals surface area contributed by atoms with Crippen LogP contribution in [0.15, 0.2) is 35.2 Å². The minimum Gasteiger partial charge on any atom is -0.492 e. The first kappa shape index (κ1) is 22.2. The lowest BCUT2D eigenvalue weighted by atomic mass is 10.2. The number of imide groups is 1. The van der Waals surface area contributed by atoms with Crippen molar-refractivity contribution in [2.45, 2.75) is 13.5 Å². The molecule has 28 heavy (non-hydrogen) atoms. The predicted octanol–water partition coefficient (Wildman–Crippen LogP) is 6.84. The second-order valence-corrected chi connectivity index (χ2v) is 9.91. The van der Waals surface area contributed by atoms with Gasteiger partial charge in [-0.15, -0.1) is 0 Å². The zero-order chi connectivity index (χ0) is 20.4. The number of rotatable bonds is 5. The summed E-state index contributed by atoms with van der Waals surface area (Å²) < 4.78 is 7.54. The molecule has 1 saturated heterocycles. The van der Waals surface area contributed by atoms with Crippen LogP contribution in [0.4, 0.5) is 4.79 Å². The first-order valence-electron chi connectivity index (χ1n) is 8.11. The lowest BCUT2D eigenvalue weighted by molar-refractivity contribution is -0.123. The van der Waals surface area contributed by atoms with Gasteiger partial charge in [-0.05, 0) is 105 Å². The van der Waals surface area contributed by atoms with Gasteiger partial charge in [-0.25, -0.2) is 0 Å². The molecule has 1 heterocycles. The summed E-state index contributed by atoms with van der Waals surface area (Å²) in [7, 11) is 0. The second kappa shape index (κ2) is 9.55. The summed E-state index contributed by atoms with van der Waals surface area (Å²) in [6.07, 6.45) is 1.73. The first-order chi connectivity index (χ1) is 13.3. The average Bonchev–Trinajstić information content (AvgIpc) is 2.87. The number of carbonyl (C=O) groups is 2. The minimum atomic E-state index is -0.333.